The Morgan fingerprint density at radius 1 is 1.32 bits per heavy atom. The summed E-state index contributed by atoms with van der Waals surface area (Å²) in [7, 11) is 1.68. The van der Waals surface area contributed by atoms with Gasteiger partial charge in [-0.3, -0.25) is 4.79 Å². The van der Waals surface area contributed by atoms with E-state index in [1.54, 1.807) is 11.9 Å². The molecular formula is C13H15F3N2O. The van der Waals surface area contributed by atoms with E-state index in [9.17, 15) is 18.0 Å². The molecule has 1 fully saturated rings. The highest BCUT2D eigenvalue weighted by Gasteiger charge is 2.30. The number of nitrogens with one attached hydrogen (secondary N) is 1. The molecule has 0 aromatic heterocycles. The van der Waals surface area contributed by atoms with E-state index >= 15 is 0 Å². The van der Waals surface area contributed by atoms with Gasteiger partial charge in [-0.05, 0) is 37.2 Å². The van der Waals surface area contributed by atoms with Gasteiger partial charge >= 0.3 is 6.18 Å². The molecule has 19 heavy (non-hydrogen) atoms. The van der Waals surface area contributed by atoms with Gasteiger partial charge in [0, 0.05) is 25.2 Å². The van der Waals surface area contributed by atoms with Crippen molar-refractivity contribution >= 4 is 5.91 Å². The van der Waals surface area contributed by atoms with Crippen molar-refractivity contribution in [3.8, 4) is 0 Å². The molecule has 0 aliphatic carbocycles. The molecule has 1 atom stereocenters. The van der Waals surface area contributed by atoms with Crippen molar-refractivity contribution < 1.29 is 18.0 Å². The highest BCUT2D eigenvalue weighted by Crippen LogP contribution is 2.29. The molecule has 2 rings (SSSR count). The first-order valence-electron chi connectivity index (χ1n) is 6.05. The smallest absolute Gasteiger partial charge is 0.337 e. The Bertz CT molecular complexity index is 450. The monoisotopic (exact) mass is 272 g/mol. The second-order valence-corrected chi connectivity index (χ2v) is 4.64. The van der Waals surface area contributed by atoms with Crippen LogP contribution in [-0.4, -0.2) is 37.0 Å². The lowest BCUT2D eigenvalue weighted by Crippen LogP contribution is -2.38. The second-order valence-electron chi connectivity index (χ2n) is 4.64. The van der Waals surface area contributed by atoms with E-state index in [1.165, 1.54) is 12.1 Å². The summed E-state index contributed by atoms with van der Waals surface area (Å²) >= 11 is 0. The molecule has 3 nitrogen and oxygen atoms in total. The van der Waals surface area contributed by atoms with Gasteiger partial charge in [0.05, 0.1) is 5.56 Å². The van der Waals surface area contributed by atoms with Gasteiger partial charge in [0.2, 0.25) is 0 Å². The van der Waals surface area contributed by atoms with Gasteiger partial charge in [-0.1, -0.05) is 0 Å². The van der Waals surface area contributed by atoms with E-state index in [0.717, 1.165) is 31.6 Å². The molecule has 0 saturated carbocycles. The summed E-state index contributed by atoms with van der Waals surface area (Å²) in [5, 5.41) is 3.15. The summed E-state index contributed by atoms with van der Waals surface area (Å²) in [6.07, 6.45) is -3.51. The molecule has 0 radical (unpaired) electrons. The number of benzene rings is 1. The average molecular weight is 272 g/mol. The maximum absolute atomic E-state index is 12.4. The van der Waals surface area contributed by atoms with Crippen LogP contribution in [0.1, 0.15) is 22.3 Å². The Kier molecular flexibility index (Phi) is 3.80. The van der Waals surface area contributed by atoms with Crippen molar-refractivity contribution in [3.63, 3.8) is 0 Å². The molecule has 1 amide bonds. The molecule has 0 unspecified atom stereocenters. The van der Waals surface area contributed by atoms with Gasteiger partial charge in [-0.25, -0.2) is 0 Å². The van der Waals surface area contributed by atoms with E-state index in [0.29, 0.717) is 0 Å². The number of hydrogen-bond acceptors (Lipinski definition) is 2. The molecule has 1 aromatic rings. The first-order chi connectivity index (χ1) is 8.89. The van der Waals surface area contributed by atoms with E-state index < -0.39 is 11.7 Å². The van der Waals surface area contributed by atoms with Crippen molar-refractivity contribution in [2.24, 2.45) is 0 Å². The van der Waals surface area contributed by atoms with E-state index in [-0.39, 0.29) is 17.5 Å². The first kappa shape index (κ1) is 13.9. The molecule has 1 aliphatic heterocycles. The zero-order chi connectivity index (χ0) is 14.0. The Balaban J connectivity index is 2.11. The number of hydrogen-bond donors (Lipinski definition) is 1. The van der Waals surface area contributed by atoms with E-state index in [2.05, 4.69) is 5.32 Å². The van der Waals surface area contributed by atoms with Crippen LogP contribution in [0.3, 0.4) is 0 Å². The molecule has 6 heteroatoms. The van der Waals surface area contributed by atoms with Gasteiger partial charge in [0.1, 0.15) is 0 Å². The highest BCUT2D eigenvalue weighted by molar-refractivity contribution is 5.94. The first-order valence-corrected chi connectivity index (χ1v) is 6.05. The molecule has 1 aliphatic rings. The summed E-state index contributed by atoms with van der Waals surface area (Å²) in [5.41, 5.74) is -0.461. The maximum atomic E-state index is 12.4. The SMILES string of the molecule is CN(C(=O)c1ccc(C(F)(F)F)cc1)[C@H]1CCNC1. The van der Waals surface area contributed by atoms with Crippen LogP contribution in [0.25, 0.3) is 0 Å². The van der Waals surface area contributed by atoms with Crippen molar-refractivity contribution in [1.29, 1.82) is 0 Å². The minimum Gasteiger partial charge on any atom is -0.337 e. The Morgan fingerprint density at radius 2 is 1.95 bits per heavy atom. The third kappa shape index (κ3) is 3.07. The summed E-state index contributed by atoms with van der Waals surface area (Å²) in [6.45, 7) is 1.58. The Labute approximate surface area is 109 Å². The van der Waals surface area contributed by atoms with Crippen LogP contribution in [0.15, 0.2) is 24.3 Å². The molecular weight excluding hydrogens is 257 g/mol. The zero-order valence-corrected chi connectivity index (χ0v) is 10.5. The quantitative estimate of drug-likeness (QED) is 0.894. The van der Waals surface area contributed by atoms with Crippen molar-refractivity contribution in [2.45, 2.75) is 18.6 Å². The van der Waals surface area contributed by atoms with Crippen molar-refractivity contribution in [3.05, 3.63) is 35.4 Å². The lowest BCUT2D eigenvalue weighted by molar-refractivity contribution is -0.137. The molecule has 0 spiro atoms. The van der Waals surface area contributed by atoms with Crippen LogP contribution in [0.4, 0.5) is 13.2 Å². The van der Waals surface area contributed by atoms with Gasteiger partial charge in [0.15, 0.2) is 0 Å². The van der Waals surface area contributed by atoms with Gasteiger partial charge < -0.3 is 10.2 Å². The molecule has 0 bridgehead atoms. The summed E-state index contributed by atoms with van der Waals surface area (Å²) in [5.74, 6) is -0.248. The fraction of sp³-hybridized carbons (Fsp3) is 0.462. The zero-order valence-electron chi connectivity index (χ0n) is 10.5. The van der Waals surface area contributed by atoms with Crippen LogP contribution >= 0.6 is 0 Å². The lowest BCUT2D eigenvalue weighted by Gasteiger charge is -2.23. The Morgan fingerprint density at radius 3 is 2.42 bits per heavy atom. The van der Waals surface area contributed by atoms with E-state index in [4.69, 9.17) is 0 Å². The molecule has 1 N–H and O–H groups in total. The number of halogens is 3. The van der Waals surface area contributed by atoms with Gasteiger partial charge in [-0.15, -0.1) is 0 Å². The predicted octanol–water partition coefficient (Wildman–Crippen LogP) is 2.14. The molecule has 104 valence electrons. The third-order valence-corrected chi connectivity index (χ3v) is 3.36. The fourth-order valence-corrected chi connectivity index (χ4v) is 2.14. The highest BCUT2D eigenvalue weighted by atomic mass is 19.4. The average Bonchev–Trinajstić information content (AvgIpc) is 2.90. The summed E-state index contributed by atoms with van der Waals surface area (Å²) < 4.78 is 37.3. The predicted molar refractivity (Wildman–Crippen MR) is 64.8 cm³/mol. The largest absolute Gasteiger partial charge is 0.416 e. The van der Waals surface area contributed by atoms with Crippen LogP contribution in [0.5, 0.6) is 0 Å². The molecule has 1 saturated heterocycles. The van der Waals surface area contributed by atoms with Crippen molar-refractivity contribution in [1.82, 2.24) is 10.2 Å². The minimum absolute atomic E-state index is 0.106. The van der Waals surface area contributed by atoms with Crippen LogP contribution in [-0.2, 0) is 6.18 Å². The third-order valence-electron chi connectivity index (χ3n) is 3.36. The number of likely N-dealkylation sites (N-methyl/N-ethyl adjacent to an activating group) is 1. The number of rotatable bonds is 2. The van der Waals surface area contributed by atoms with Gasteiger partial charge in [0.25, 0.3) is 5.91 Å². The molecule has 1 aromatic carbocycles. The van der Waals surface area contributed by atoms with Crippen LogP contribution in [0.2, 0.25) is 0 Å². The lowest BCUT2D eigenvalue weighted by atomic mass is 10.1. The summed E-state index contributed by atoms with van der Waals surface area (Å²) in [4.78, 5) is 13.7. The standard InChI is InChI=1S/C13H15F3N2O/c1-18(11-6-7-17-8-11)12(19)9-2-4-10(5-3-9)13(14,15)16/h2-5,11,17H,6-8H2,1H3/t11-/m0/s1. The number of amides is 1. The normalized spacial score (nSPS) is 19.5. The fourth-order valence-electron chi connectivity index (χ4n) is 2.14. The number of nitrogens with zero attached hydrogens (tertiary/aromatic N) is 1. The van der Waals surface area contributed by atoms with Gasteiger partial charge in [-0.2, -0.15) is 13.2 Å². The number of alkyl halides is 3. The maximum Gasteiger partial charge on any atom is 0.416 e. The molecule has 1 heterocycles. The van der Waals surface area contributed by atoms with Crippen LogP contribution < -0.4 is 5.32 Å². The van der Waals surface area contributed by atoms with Crippen LogP contribution in [0, 0.1) is 0 Å². The summed E-state index contributed by atoms with van der Waals surface area (Å²) in [6, 6.07) is 4.44. The topological polar surface area (TPSA) is 32.3 Å². The van der Waals surface area contributed by atoms with Crippen molar-refractivity contribution in [2.75, 3.05) is 20.1 Å². The number of carbonyl (C=O) groups is 1. The number of carbonyl (C=O) groups excluding carboxylic acids is 1. The minimum atomic E-state index is -4.37. The second kappa shape index (κ2) is 5.21. The Hall–Kier alpha value is -1.56. The van der Waals surface area contributed by atoms with E-state index in [1.807, 2.05) is 0 Å².